The van der Waals surface area contributed by atoms with Crippen LogP contribution >= 0.6 is 11.8 Å². The van der Waals surface area contributed by atoms with E-state index in [1.807, 2.05) is 11.8 Å². The van der Waals surface area contributed by atoms with Crippen molar-refractivity contribution in [3.05, 3.63) is 28.8 Å². The van der Waals surface area contributed by atoms with Crippen molar-refractivity contribution in [3.8, 4) is 0 Å². The summed E-state index contributed by atoms with van der Waals surface area (Å²) in [5, 5.41) is 0. The van der Waals surface area contributed by atoms with Gasteiger partial charge in [0.15, 0.2) is 0 Å². The van der Waals surface area contributed by atoms with E-state index in [-0.39, 0.29) is 5.41 Å². The first-order chi connectivity index (χ1) is 7.35. The van der Waals surface area contributed by atoms with Gasteiger partial charge < -0.3 is 5.73 Å². The van der Waals surface area contributed by atoms with Crippen LogP contribution in [0.25, 0.3) is 0 Å². The molecule has 0 unspecified atom stereocenters. The van der Waals surface area contributed by atoms with Crippen molar-refractivity contribution in [3.63, 3.8) is 0 Å². The highest BCUT2D eigenvalue weighted by Crippen LogP contribution is 2.32. The highest BCUT2D eigenvalue weighted by atomic mass is 32.2. The maximum Gasteiger partial charge on any atom is 0.0131 e. The lowest BCUT2D eigenvalue weighted by Crippen LogP contribution is -2.26. The number of hydrogen-bond donors (Lipinski definition) is 1. The van der Waals surface area contributed by atoms with Gasteiger partial charge in [-0.15, -0.1) is 11.8 Å². The molecule has 0 aliphatic heterocycles. The van der Waals surface area contributed by atoms with Gasteiger partial charge in [0, 0.05) is 10.6 Å². The van der Waals surface area contributed by atoms with Crippen LogP contribution in [-0.4, -0.2) is 12.3 Å². The number of aryl methyl sites for hydroxylation is 3. The maximum absolute atomic E-state index is 5.76. The molecule has 0 amide bonds. The molecule has 90 valence electrons. The van der Waals surface area contributed by atoms with Crippen LogP contribution in [0.2, 0.25) is 0 Å². The van der Waals surface area contributed by atoms with Gasteiger partial charge >= 0.3 is 0 Å². The summed E-state index contributed by atoms with van der Waals surface area (Å²) in [5.41, 5.74) is 10.1. The highest BCUT2D eigenvalue weighted by Gasteiger charge is 2.17. The Bertz CT molecular complexity index is 346. The number of benzene rings is 1. The fourth-order valence-electron chi connectivity index (χ4n) is 1.72. The van der Waals surface area contributed by atoms with E-state index in [0.717, 1.165) is 12.3 Å². The van der Waals surface area contributed by atoms with Gasteiger partial charge in [0.2, 0.25) is 0 Å². The smallest absolute Gasteiger partial charge is 0.0131 e. The molecular weight excluding hydrogens is 214 g/mol. The SMILES string of the molecule is Cc1cc(C)c(SCC(C)(C)CN)c(C)c1. The zero-order valence-electron chi connectivity index (χ0n) is 11.1. The number of hydrogen-bond acceptors (Lipinski definition) is 2. The van der Waals surface area contributed by atoms with Crippen LogP contribution in [0.3, 0.4) is 0 Å². The summed E-state index contributed by atoms with van der Waals surface area (Å²) in [7, 11) is 0. The summed E-state index contributed by atoms with van der Waals surface area (Å²) in [6.07, 6.45) is 0. The zero-order chi connectivity index (χ0) is 12.3. The fraction of sp³-hybridized carbons (Fsp3) is 0.571. The lowest BCUT2D eigenvalue weighted by atomic mass is 9.97. The molecule has 0 fully saturated rings. The van der Waals surface area contributed by atoms with Crippen LogP contribution < -0.4 is 5.73 Å². The summed E-state index contributed by atoms with van der Waals surface area (Å²) >= 11 is 1.93. The molecule has 0 saturated carbocycles. The number of rotatable bonds is 4. The Kier molecular flexibility index (Phi) is 4.45. The Morgan fingerprint density at radius 1 is 1.12 bits per heavy atom. The second-order valence-electron chi connectivity index (χ2n) is 5.38. The van der Waals surface area contributed by atoms with Crippen LogP contribution in [0.4, 0.5) is 0 Å². The van der Waals surface area contributed by atoms with Gasteiger partial charge in [0.25, 0.3) is 0 Å². The molecule has 16 heavy (non-hydrogen) atoms. The Morgan fingerprint density at radius 2 is 1.62 bits per heavy atom. The fourth-order valence-corrected chi connectivity index (χ4v) is 2.95. The van der Waals surface area contributed by atoms with E-state index >= 15 is 0 Å². The summed E-state index contributed by atoms with van der Waals surface area (Å²) in [6, 6.07) is 4.51. The van der Waals surface area contributed by atoms with Crippen molar-refractivity contribution < 1.29 is 0 Å². The summed E-state index contributed by atoms with van der Waals surface area (Å²) < 4.78 is 0. The second-order valence-corrected chi connectivity index (χ2v) is 6.37. The van der Waals surface area contributed by atoms with Crippen LogP contribution in [0, 0.1) is 26.2 Å². The maximum atomic E-state index is 5.76. The average Bonchev–Trinajstić information content (AvgIpc) is 2.16. The predicted molar refractivity (Wildman–Crippen MR) is 74.2 cm³/mol. The standard InChI is InChI=1S/C14H23NS/c1-10-6-11(2)13(12(3)7-10)16-9-14(4,5)8-15/h6-7H,8-9,15H2,1-5H3. The summed E-state index contributed by atoms with van der Waals surface area (Å²) in [6.45, 7) is 11.7. The van der Waals surface area contributed by atoms with Crippen LogP contribution in [-0.2, 0) is 0 Å². The largest absolute Gasteiger partial charge is 0.330 e. The average molecular weight is 237 g/mol. The number of thioether (sulfide) groups is 1. The predicted octanol–water partition coefficient (Wildman–Crippen LogP) is 3.69. The molecule has 1 aromatic rings. The van der Waals surface area contributed by atoms with E-state index in [1.54, 1.807) is 0 Å². The van der Waals surface area contributed by atoms with Gasteiger partial charge in [-0.25, -0.2) is 0 Å². The highest BCUT2D eigenvalue weighted by molar-refractivity contribution is 7.99. The molecule has 0 spiro atoms. The van der Waals surface area contributed by atoms with Crippen molar-refractivity contribution >= 4 is 11.8 Å². The lowest BCUT2D eigenvalue weighted by molar-refractivity contribution is 0.438. The van der Waals surface area contributed by atoms with E-state index in [1.165, 1.54) is 21.6 Å². The first-order valence-electron chi connectivity index (χ1n) is 5.76. The molecular formula is C14H23NS. The van der Waals surface area contributed by atoms with E-state index in [0.29, 0.717) is 0 Å². The van der Waals surface area contributed by atoms with Gasteiger partial charge in [0.05, 0.1) is 0 Å². The van der Waals surface area contributed by atoms with Crippen LogP contribution in [0.1, 0.15) is 30.5 Å². The Hall–Kier alpha value is -0.470. The van der Waals surface area contributed by atoms with Crippen LogP contribution in [0.5, 0.6) is 0 Å². The lowest BCUT2D eigenvalue weighted by Gasteiger charge is -2.22. The van der Waals surface area contributed by atoms with Gasteiger partial charge in [-0.3, -0.25) is 0 Å². The minimum atomic E-state index is 0.217. The van der Waals surface area contributed by atoms with Gasteiger partial charge in [-0.05, 0) is 43.9 Å². The molecule has 0 saturated heterocycles. The Morgan fingerprint density at radius 3 is 2.06 bits per heavy atom. The van der Waals surface area contributed by atoms with E-state index in [4.69, 9.17) is 5.73 Å². The molecule has 0 atom stereocenters. The van der Waals surface area contributed by atoms with Crippen molar-refractivity contribution in [1.29, 1.82) is 0 Å². The minimum absolute atomic E-state index is 0.217. The van der Waals surface area contributed by atoms with E-state index < -0.39 is 0 Å². The molecule has 0 radical (unpaired) electrons. The molecule has 2 heteroatoms. The normalized spacial score (nSPS) is 11.9. The first kappa shape index (κ1) is 13.6. The quantitative estimate of drug-likeness (QED) is 0.808. The van der Waals surface area contributed by atoms with Gasteiger partial charge in [-0.2, -0.15) is 0 Å². The molecule has 1 aromatic carbocycles. The summed E-state index contributed by atoms with van der Waals surface area (Å²) in [5.74, 6) is 1.08. The van der Waals surface area contributed by atoms with Gasteiger partial charge in [-0.1, -0.05) is 31.5 Å². The molecule has 0 aromatic heterocycles. The monoisotopic (exact) mass is 237 g/mol. The third-order valence-corrected chi connectivity index (χ3v) is 4.62. The Balaban J connectivity index is 2.82. The van der Waals surface area contributed by atoms with Crippen molar-refractivity contribution in [2.45, 2.75) is 39.5 Å². The summed E-state index contributed by atoms with van der Waals surface area (Å²) in [4.78, 5) is 1.42. The molecule has 0 aliphatic rings. The Labute approximate surface area is 104 Å². The molecule has 1 nitrogen and oxygen atoms in total. The topological polar surface area (TPSA) is 26.0 Å². The third kappa shape index (κ3) is 3.53. The van der Waals surface area contributed by atoms with Gasteiger partial charge in [0.1, 0.15) is 0 Å². The second kappa shape index (κ2) is 5.24. The molecule has 0 aliphatic carbocycles. The van der Waals surface area contributed by atoms with Crippen molar-refractivity contribution in [2.24, 2.45) is 11.1 Å². The molecule has 0 bridgehead atoms. The van der Waals surface area contributed by atoms with Crippen molar-refractivity contribution in [1.82, 2.24) is 0 Å². The molecule has 2 N–H and O–H groups in total. The van der Waals surface area contributed by atoms with E-state index in [2.05, 4.69) is 46.8 Å². The van der Waals surface area contributed by atoms with Crippen LogP contribution in [0.15, 0.2) is 17.0 Å². The number of nitrogens with two attached hydrogens (primary N) is 1. The third-order valence-electron chi connectivity index (χ3n) is 2.76. The molecule has 1 rings (SSSR count). The zero-order valence-corrected chi connectivity index (χ0v) is 11.9. The first-order valence-corrected chi connectivity index (χ1v) is 6.75. The minimum Gasteiger partial charge on any atom is -0.330 e. The molecule has 0 heterocycles. The van der Waals surface area contributed by atoms with E-state index in [9.17, 15) is 0 Å². The van der Waals surface area contributed by atoms with Crippen molar-refractivity contribution in [2.75, 3.05) is 12.3 Å².